The first-order chi connectivity index (χ1) is 9.93. The number of hydrogen-bond donors (Lipinski definition) is 2. The molecular weight excluding hydrogens is 248 g/mol. The molecule has 3 aromatic rings. The number of hydrogen-bond acceptors (Lipinski definition) is 3. The molecule has 1 atom stereocenters. The smallest absolute Gasteiger partial charge is 0.120 e. The second-order valence-electron chi connectivity index (χ2n) is 4.54. The topological polar surface area (TPSA) is 53.6 Å². The summed E-state index contributed by atoms with van der Waals surface area (Å²) in [5, 5.41) is 3.53. The molecule has 0 amide bonds. The van der Waals surface area contributed by atoms with Crippen LogP contribution in [0.1, 0.15) is 23.0 Å². The zero-order valence-electron chi connectivity index (χ0n) is 11.0. The van der Waals surface area contributed by atoms with Gasteiger partial charge in [-0.3, -0.25) is 10.3 Å². The van der Waals surface area contributed by atoms with E-state index in [1.807, 2.05) is 36.8 Å². The van der Waals surface area contributed by atoms with E-state index in [4.69, 9.17) is 0 Å². The van der Waals surface area contributed by atoms with Gasteiger partial charge in [0, 0.05) is 24.8 Å². The van der Waals surface area contributed by atoms with E-state index in [2.05, 4.69) is 44.5 Å². The van der Waals surface area contributed by atoms with E-state index in [0.717, 1.165) is 5.82 Å². The summed E-state index contributed by atoms with van der Waals surface area (Å²) in [5.41, 5.74) is 2.42. The van der Waals surface area contributed by atoms with Crippen molar-refractivity contribution in [1.82, 2.24) is 20.3 Å². The van der Waals surface area contributed by atoms with Crippen molar-refractivity contribution in [2.24, 2.45) is 0 Å². The van der Waals surface area contributed by atoms with Crippen LogP contribution in [0.2, 0.25) is 0 Å². The van der Waals surface area contributed by atoms with Gasteiger partial charge in [0.2, 0.25) is 0 Å². The third kappa shape index (κ3) is 2.92. The highest BCUT2D eigenvalue weighted by atomic mass is 15.0. The van der Waals surface area contributed by atoms with E-state index in [-0.39, 0.29) is 6.04 Å². The van der Waals surface area contributed by atoms with E-state index in [1.165, 1.54) is 11.1 Å². The number of pyridine rings is 1. The molecule has 1 aromatic carbocycles. The van der Waals surface area contributed by atoms with Crippen LogP contribution in [0.3, 0.4) is 0 Å². The largest absolute Gasteiger partial charge is 0.348 e. The first kappa shape index (κ1) is 12.6. The molecule has 3 rings (SSSR count). The SMILES string of the molecule is c1ccc(C(NCc2ncc[nH]2)c2ccncc2)cc1. The third-order valence-corrected chi connectivity index (χ3v) is 3.20. The van der Waals surface area contributed by atoms with Crippen molar-refractivity contribution in [3.8, 4) is 0 Å². The normalized spacial score (nSPS) is 12.2. The molecule has 0 radical (unpaired) electrons. The van der Waals surface area contributed by atoms with Crippen LogP contribution in [0.15, 0.2) is 67.3 Å². The van der Waals surface area contributed by atoms with Gasteiger partial charge in [0.05, 0.1) is 12.6 Å². The first-order valence-electron chi connectivity index (χ1n) is 6.60. The molecule has 0 aliphatic heterocycles. The summed E-state index contributed by atoms with van der Waals surface area (Å²) in [6.07, 6.45) is 7.24. The maximum Gasteiger partial charge on any atom is 0.120 e. The summed E-state index contributed by atoms with van der Waals surface area (Å²) in [4.78, 5) is 11.4. The average Bonchev–Trinajstić information content (AvgIpc) is 3.03. The summed E-state index contributed by atoms with van der Waals surface area (Å²) in [6, 6.07) is 14.6. The summed E-state index contributed by atoms with van der Waals surface area (Å²) < 4.78 is 0. The van der Waals surface area contributed by atoms with E-state index < -0.39 is 0 Å². The molecule has 2 heterocycles. The first-order valence-corrected chi connectivity index (χ1v) is 6.60. The van der Waals surface area contributed by atoms with Crippen LogP contribution < -0.4 is 5.32 Å². The predicted octanol–water partition coefficient (Wildman–Crippen LogP) is 2.68. The maximum absolute atomic E-state index is 4.25. The Morgan fingerprint density at radius 3 is 2.40 bits per heavy atom. The van der Waals surface area contributed by atoms with Gasteiger partial charge >= 0.3 is 0 Å². The maximum atomic E-state index is 4.25. The Morgan fingerprint density at radius 1 is 0.950 bits per heavy atom. The number of nitrogens with zero attached hydrogens (tertiary/aromatic N) is 2. The van der Waals surface area contributed by atoms with Gasteiger partial charge in [-0.15, -0.1) is 0 Å². The Hall–Kier alpha value is -2.46. The van der Waals surface area contributed by atoms with Crippen molar-refractivity contribution in [3.63, 3.8) is 0 Å². The monoisotopic (exact) mass is 264 g/mol. The second-order valence-corrected chi connectivity index (χ2v) is 4.54. The average molecular weight is 264 g/mol. The number of rotatable bonds is 5. The van der Waals surface area contributed by atoms with Gasteiger partial charge < -0.3 is 4.98 Å². The van der Waals surface area contributed by atoms with E-state index in [9.17, 15) is 0 Å². The third-order valence-electron chi connectivity index (χ3n) is 3.20. The van der Waals surface area contributed by atoms with Crippen molar-refractivity contribution >= 4 is 0 Å². The van der Waals surface area contributed by atoms with E-state index >= 15 is 0 Å². The molecule has 0 spiro atoms. The Balaban J connectivity index is 1.84. The van der Waals surface area contributed by atoms with Crippen molar-refractivity contribution in [1.29, 1.82) is 0 Å². The number of H-pyrrole nitrogens is 1. The molecule has 2 aromatic heterocycles. The predicted molar refractivity (Wildman–Crippen MR) is 77.9 cm³/mol. The number of imidazole rings is 1. The molecule has 100 valence electrons. The van der Waals surface area contributed by atoms with Crippen LogP contribution in [0.25, 0.3) is 0 Å². The fourth-order valence-corrected chi connectivity index (χ4v) is 2.22. The molecule has 0 fully saturated rings. The summed E-state index contributed by atoms with van der Waals surface area (Å²) in [7, 11) is 0. The number of nitrogens with one attached hydrogen (secondary N) is 2. The zero-order valence-corrected chi connectivity index (χ0v) is 11.0. The van der Waals surface area contributed by atoms with E-state index in [1.54, 1.807) is 6.20 Å². The Kier molecular flexibility index (Phi) is 3.85. The molecule has 2 N–H and O–H groups in total. The number of aromatic amines is 1. The highest BCUT2D eigenvalue weighted by Crippen LogP contribution is 2.21. The lowest BCUT2D eigenvalue weighted by atomic mass is 10.00. The highest BCUT2D eigenvalue weighted by Gasteiger charge is 2.13. The molecule has 0 saturated carbocycles. The van der Waals surface area contributed by atoms with Crippen LogP contribution in [-0.4, -0.2) is 15.0 Å². The van der Waals surface area contributed by atoms with Gasteiger partial charge in [0.15, 0.2) is 0 Å². The molecule has 0 aliphatic carbocycles. The molecule has 0 bridgehead atoms. The van der Waals surface area contributed by atoms with Crippen molar-refractivity contribution in [3.05, 3.63) is 84.2 Å². The van der Waals surface area contributed by atoms with E-state index in [0.29, 0.717) is 6.54 Å². The van der Waals surface area contributed by atoms with Crippen molar-refractivity contribution in [2.75, 3.05) is 0 Å². The lowest BCUT2D eigenvalue weighted by molar-refractivity contribution is 0.589. The molecule has 0 aliphatic rings. The summed E-state index contributed by atoms with van der Waals surface area (Å²) in [5.74, 6) is 0.931. The van der Waals surface area contributed by atoms with Gasteiger partial charge in [0.25, 0.3) is 0 Å². The fraction of sp³-hybridized carbons (Fsp3) is 0.125. The van der Waals surface area contributed by atoms with Gasteiger partial charge in [-0.05, 0) is 23.3 Å². The Labute approximate surface area is 117 Å². The fourth-order valence-electron chi connectivity index (χ4n) is 2.22. The summed E-state index contributed by atoms with van der Waals surface area (Å²) in [6.45, 7) is 0.689. The van der Waals surface area contributed by atoms with Crippen LogP contribution >= 0.6 is 0 Å². The molecule has 1 unspecified atom stereocenters. The number of aromatic nitrogens is 3. The highest BCUT2D eigenvalue weighted by molar-refractivity contribution is 5.30. The lowest BCUT2D eigenvalue weighted by Crippen LogP contribution is -2.22. The molecule has 20 heavy (non-hydrogen) atoms. The van der Waals surface area contributed by atoms with Crippen molar-refractivity contribution in [2.45, 2.75) is 12.6 Å². The van der Waals surface area contributed by atoms with Gasteiger partial charge in [-0.25, -0.2) is 4.98 Å². The van der Waals surface area contributed by atoms with Gasteiger partial charge in [-0.1, -0.05) is 30.3 Å². The minimum atomic E-state index is 0.129. The zero-order chi connectivity index (χ0) is 13.6. The molecule has 0 saturated heterocycles. The molecule has 4 heteroatoms. The van der Waals surface area contributed by atoms with Gasteiger partial charge in [-0.2, -0.15) is 0 Å². The van der Waals surface area contributed by atoms with Crippen LogP contribution in [0.4, 0.5) is 0 Å². The van der Waals surface area contributed by atoms with Crippen LogP contribution in [-0.2, 0) is 6.54 Å². The van der Waals surface area contributed by atoms with Crippen LogP contribution in [0.5, 0.6) is 0 Å². The van der Waals surface area contributed by atoms with Gasteiger partial charge in [0.1, 0.15) is 5.82 Å². The molecule has 4 nitrogen and oxygen atoms in total. The quantitative estimate of drug-likeness (QED) is 0.745. The van der Waals surface area contributed by atoms with Crippen LogP contribution in [0, 0.1) is 0 Å². The lowest BCUT2D eigenvalue weighted by Gasteiger charge is -2.19. The molecular formula is C16H16N4. The minimum Gasteiger partial charge on any atom is -0.348 e. The Bertz CT molecular complexity index is 581. The summed E-state index contributed by atoms with van der Waals surface area (Å²) >= 11 is 0. The second kappa shape index (κ2) is 6.12. The van der Waals surface area contributed by atoms with Crippen molar-refractivity contribution < 1.29 is 0 Å². The minimum absolute atomic E-state index is 0.129. The number of benzene rings is 1. The Morgan fingerprint density at radius 2 is 1.70 bits per heavy atom. The standard InChI is InChI=1S/C16H16N4/c1-2-4-13(5-3-1)16(14-6-8-17-9-7-14)20-12-15-18-10-11-19-15/h1-11,16,20H,12H2,(H,18,19).